The zero-order valence-electron chi connectivity index (χ0n) is 8.50. The quantitative estimate of drug-likeness (QED) is 0.727. The molecule has 1 aromatic heterocycles. The molecule has 0 atom stereocenters. The van der Waals surface area contributed by atoms with Crippen LogP contribution >= 0.6 is 0 Å². The van der Waals surface area contributed by atoms with Gasteiger partial charge in [-0.2, -0.15) is 0 Å². The molecule has 0 saturated heterocycles. The van der Waals surface area contributed by atoms with Gasteiger partial charge < -0.3 is 15.0 Å². The highest BCUT2D eigenvalue weighted by atomic mass is 16.5. The van der Waals surface area contributed by atoms with E-state index in [0.717, 1.165) is 5.52 Å². The molecule has 15 heavy (non-hydrogen) atoms. The summed E-state index contributed by atoms with van der Waals surface area (Å²) in [7, 11) is 3.11. The number of rotatable bonds is 2. The van der Waals surface area contributed by atoms with Crippen molar-refractivity contribution in [3.8, 4) is 0 Å². The summed E-state index contributed by atoms with van der Waals surface area (Å²) >= 11 is 0. The third-order valence-corrected chi connectivity index (χ3v) is 2.15. The first-order valence-electron chi connectivity index (χ1n) is 4.51. The van der Waals surface area contributed by atoms with Gasteiger partial charge in [-0.25, -0.2) is 9.78 Å². The third kappa shape index (κ3) is 1.52. The first kappa shape index (κ1) is 9.51. The normalized spacial score (nSPS) is 10.3. The molecule has 5 nitrogen and oxygen atoms in total. The number of carbonyl (C=O) groups excluding carboxylic acids is 1. The van der Waals surface area contributed by atoms with Crippen molar-refractivity contribution in [1.29, 1.82) is 0 Å². The molecule has 1 aromatic carbocycles. The number of hydrogen-bond donors (Lipinski definition) is 2. The number of benzene rings is 1. The van der Waals surface area contributed by atoms with Gasteiger partial charge in [-0.3, -0.25) is 0 Å². The smallest absolute Gasteiger partial charge is 0.340 e. The van der Waals surface area contributed by atoms with Crippen molar-refractivity contribution in [2.75, 3.05) is 19.5 Å². The maximum Gasteiger partial charge on any atom is 0.340 e. The number of anilines is 1. The van der Waals surface area contributed by atoms with Crippen LogP contribution in [-0.4, -0.2) is 30.1 Å². The van der Waals surface area contributed by atoms with Crippen molar-refractivity contribution in [1.82, 2.24) is 9.97 Å². The zero-order chi connectivity index (χ0) is 10.8. The van der Waals surface area contributed by atoms with Gasteiger partial charge in [0.15, 0.2) is 0 Å². The fourth-order valence-electron chi connectivity index (χ4n) is 1.43. The van der Waals surface area contributed by atoms with Gasteiger partial charge in [0.2, 0.25) is 5.95 Å². The van der Waals surface area contributed by atoms with Gasteiger partial charge in [0, 0.05) is 7.05 Å². The maximum atomic E-state index is 11.4. The molecule has 2 aromatic rings. The Labute approximate surface area is 86.5 Å². The number of nitrogens with one attached hydrogen (secondary N) is 2. The van der Waals surface area contributed by atoms with Crippen molar-refractivity contribution < 1.29 is 9.53 Å². The predicted octanol–water partition coefficient (Wildman–Crippen LogP) is 1.39. The van der Waals surface area contributed by atoms with Crippen LogP contribution in [0.15, 0.2) is 18.2 Å². The van der Waals surface area contributed by atoms with Crippen molar-refractivity contribution in [3.63, 3.8) is 0 Å². The average Bonchev–Trinajstić information content (AvgIpc) is 2.70. The Morgan fingerprint density at radius 3 is 3.00 bits per heavy atom. The molecule has 0 aliphatic rings. The molecule has 0 unspecified atom stereocenters. The van der Waals surface area contributed by atoms with Crippen LogP contribution in [0, 0.1) is 0 Å². The van der Waals surface area contributed by atoms with Crippen LogP contribution < -0.4 is 5.32 Å². The van der Waals surface area contributed by atoms with Gasteiger partial charge in [0.1, 0.15) is 5.52 Å². The Kier molecular flexibility index (Phi) is 2.29. The van der Waals surface area contributed by atoms with E-state index in [4.69, 9.17) is 0 Å². The summed E-state index contributed by atoms with van der Waals surface area (Å²) in [6.07, 6.45) is 0. The molecule has 1 heterocycles. The zero-order valence-corrected chi connectivity index (χ0v) is 8.50. The summed E-state index contributed by atoms with van der Waals surface area (Å²) in [5.41, 5.74) is 1.89. The van der Waals surface area contributed by atoms with E-state index in [0.29, 0.717) is 17.0 Å². The van der Waals surface area contributed by atoms with Gasteiger partial charge >= 0.3 is 5.97 Å². The second-order valence-corrected chi connectivity index (χ2v) is 3.03. The Balaban J connectivity index is 2.64. The van der Waals surface area contributed by atoms with E-state index in [1.54, 1.807) is 19.2 Å². The van der Waals surface area contributed by atoms with Gasteiger partial charge in [-0.1, -0.05) is 6.07 Å². The number of H-pyrrole nitrogens is 1. The molecule has 2 N–H and O–H groups in total. The molecule has 0 saturated carbocycles. The number of para-hydroxylation sites is 1. The van der Waals surface area contributed by atoms with Crippen LogP contribution in [0.1, 0.15) is 10.4 Å². The predicted molar refractivity (Wildman–Crippen MR) is 57.0 cm³/mol. The largest absolute Gasteiger partial charge is 0.465 e. The Hall–Kier alpha value is -2.04. The molecule has 0 fully saturated rings. The number of methoxy groups -OCH3 is 1. The molecule has 0 aliphatic carbocycles. The van der Waals surface area contributed by atoms with Crippen molar-refractivity contribution in [2.45, 2.75) is 0 Å². The average molecular weight is 205 g/mol. The van der Waals surface area contributed by atoms with Crippen molar-refractivity contribution in [2.24, 2.45) is 0 Å². The van der Waals surface area contributed by atoms with Crippen LogP contribution in [0.3, 0.4) is 0 Å². The Morgan fingerprint density at radius 2 is 2.33 bits per heavy atom. The highest BCUT2D eigenvalue weighted by Crippen LogP contribution is 2.18. The summed E-state index contributed by atoms with van der Waals surface area (Å²) in [6, 6.07) is 5.33. The lowest BCUT2D eigenvalue weighted by Gasteiger charge is -1.98. The van der Waals surface area contributed by atoms with Crippen LogP contribution in [-0.2, 0) is 4.74 Å². The van der Waals surface area contributed by atoms with E-state index in [1.165, 1.54) is 7.11 Å². The second-order valence-electron chi connectivity index (χ2n) is 3.03. The highest BCUT2D eigenvalue weighted by molar-refractivity contribution is 6.02. The molecule has 2 rings (SSSR count). The van der Waals surface area contributed by atoms with E-state index in [2.05, 4.69) is 20.0 Å². The molecule has 5 heteroatoms. The summed E-state index contributed by atoms with van der Waals surface area (Å²) in [5.74, 6) is 0.246. The van der Waals surface area contributed by atoms with Gasteiger partial charge in [0.05, 0.1) is 18.2 Å². The van der Waals surface area contributed by atoms with Gasteiger partial charge in [-0.15, -0.1) is 0 Å². The maximum absolute atomic E-state index is 11.4. The minimum atomic E-state index is -0.380. The minimum absolute atomic E-state index is 0.380. The topological polar surface area (TPSA) is 67.0 Å². The van der Waals surface area contributed by atoms with Crippen LogP contribution in [0.5, 0.6) is 0 Å². The third-order valence-electron chi connectivity index (χ3n) is 2.15. The molecular formula is C10H11N3O2. The van der Waals surface area contributed by atoms with Crippen molar-refractivity contribution >= 4 is 23.0 Å². The number of aromatic amines is 1. The molecule has 0 aliphatic heterocycles. The fraction of sp³-hybridized carbons (Fsp3) is 0.200. The number of imidazole rings is 1. The molecule has 78 valence electrons. The number of esters is 1. The number of aromatic nitrogens is 2. The van der Waals surface area contributed by atoms with E-state index in [9.17, 15) is 4.79 Å². The molecule has 0 spiro atoms. The van der Waals surface area contributed by atoms with Crippen molar-refractivity contribution in [3.05, 3.63) is 23.8 Å². The second kappa shape index (κ2) is 3.61. The lowest BCUT2D eigenvalue weighted by molar-refractivity contribution is 0.0603. The van der Waals surface area contributed by atoms with Gasteiger partial charge in [0.25, 0.3) is 0 Å². The van der Waals surface area contributed by atoms with E-state index in [1.807, 2.05) is 6.07 Å². The number of hydrogen-bond acceptors (Lipinski definition) is 4. The lowest BCUT2D eigenvalue weighted by atomic mass is 10.2. The highest BCUT2D eigenvalue weighted by Gasteiger charge is 2.12. The molecule has 0 bridgehead atoms. The van der Waals surface area contributed by atoms with Gasteiger partial charge in [-0.05, 0) is 12.1 Å². The van der Waals surface area contributed by atoms with E-state index in [-0.39, 0.29) is 5.97 Å². The van der Waals surface area contributed by atoms with E-state index < -0.39 is 0 Å². The summed E-state index contributed by atoms with van der Waals surface area (Å²) in [5, 5.41) is 2.88. The first-order chi connectivity index (χ1) is 7.26. The molecule has 0 radical (unpaired) electrons. The monoisotopic (exact) mass is 205 g/mol. The minimum Gasteiger partial charge on any atom is -0.465 e. The number of carbonyl (C=O) groups is 1. The Morgan fingerprint density at radius 1 is 1.53 bits per heavy atom. The molecule has 0 amide bonds. The van der Waals surface area contributed by atoms with Crippen LogP contribution in [0.2, 0.25) is 0 Å². The SMILES string of the molecule is CNc1nc2c(C(=O)OC)cccc2[nH]1. The summed E-state index contributed by atoms with van der Waals surface area (Å²) < 4.78 is 4.67. The Bertz CT molecular complexity index is 504. The lowest BCUT2D eigenvalue weighted by Crippen LogP contribution is -2.01. The number of ether oxygens (including phenoxy) is 1. The van der Waals surface area contributed by atoms with E-state index >= 15 is 0 Å². The summed E-state index contributed by atoms with van der Waals surface area (Å²) in [6.45, 7) is 0. The first-order valence-corrected chi connectivity index (χ1v) is 4.51. The summed E-state index contributed by atoms with van der Waals surface area (Å²) in [4.78, 5) is 18.7. The van der Waals surface area contributed by atoms with Crippen LogP contribution in [0.25, 0.3) is 11.0 Å². The van der Waals surface area contributed by atoms with Crippen LogP contribution in [0.4, 0.5) is 5.95 Å². The fourth-order valence-corrected chi connectivity index (χ4v) is 1.43. The number of fused-ring (bicyclic) bond motifs is 1. The standard InChI is InChI=1S/C10H11N3O2/c1-11-10-12-7-5-3-4-6(8(7)13-10)9(14)15-2/h3-5H,1-2H3,(H2,11,12,13). The molecular weight excluding hydrogens is 194 g/mol. The number of nitrogens with zero attached hydrogens (tertiary/aromatic N) is 1.